The molecule has 0 heterocycles. The van der Waals surface area contributed by atoms with E-state index >= 15 is 0 Å². The molecule has 0 bridgehead atoms. The van der Waals surface area contributed by atoms with E-state index in [1.165, 1.54) is 12.8 Å². The molecule has 4 atom stereocenters. The van der Waals surface area contributed by atoms with Gasteiger partial charge in [0.25, 0.3) is 0 Å². The lowest BCUT2D eigenvalue weighted by Crippen LogP contribution is -2.29. The molecule has 1 nitrogen and oxygen atoms in total. The zero-order valence-electron chi connectivity index (χ0n) is 7.79. The third-order valence-corrected chi connectivity index (χ3v) is 3.72. The summed E-state index contributed by atoms with van der Waals surface area (Å²) in [5.74, 6) is 1.28. The molecule has 1 N–H and O–H groups in total. The second-order valence-electron chi connectivity index (χ2n) is 4.97. The first kappa shape index (κ1) is 8.62. The molecule has 2 aliphatic carbocycles. The van der Waals surface area contributed by atoms with Crippen molar-refractivity contribution in [1.82, 2.24) is 0 Å². The zero-order valence-corrected chi connectivity index (χ0v) is 7.79. The van der Waals surface area contributed by atoms with Crippen LogP contribution in [0.4, 0.5) is 0 Å². The number of aliphatic hydroxyl groups excluding tert-OH is 1. The summed E-state index contributed by atoms with van der Waals surface area (Å²) in [6.07, 6.45) is 5.57. The van der Waals surface area contributed by atoms with Crippen LogP contribution in [0.3, 0.4) is 0 Å². The van der Waals surface area contributed by atoms with Crippen LogP contribution >= 0.6 is 0 Å². The summed E-state index contributed by atoms with van der Waals surface area (Å²) in [6.45, 7) is 2.12. The molecule has 12 heavy (non-hydrogen) atoms. The van der Waals surface area contributed by atoms with Gasteiger partial charge in [0.1, 0.15) is 0 Å². The van der Waals surface area contributed by atoms with Crippen molar-refractivity contribution in [2.45, 2.75) is 50.4 Å². The molecule has 0 spiro atoms. The normalized spacial score (nSPS) is 53.7. The van der Waals surface area contributed by atoms with Crippen LogP contribution in [0.15, 0.2) is 0 Å². The smallest absolute Gasteiger partial charge is 0.0742 e. The monoisotopic (exact) mass is 164 g/mol. The third kappa shape index (κ3) is 1.41. The molecule has 66 valence electrons. The van der Waals surface area contributed by atoms with Crippen LogP contribution in [0.5, 0.6) is 0 Å². The Hall–Kier alpha value is 0.0249. The predicted molar refractivity (Wildman–Crippen MR) is 50.2 cm³/mol. The summed E-state index contributed by atoms with van der Waals surface area (Å²) < 4.78 is 0. The molecule has 2 unspecified atom stereocenters. The topological polar surface area (TPSA) is 20.2 Å². The second-order valence-corrected chi connectivity index (χ2v) is 4.97. The maximum Gasteiger partial charge on any atom is 0.0742 e. The average molecular weight is 164 g/mol. The van der Waals surface area contributed by atoms with Gasteiger partial charge in [-0.15, -0.1) is 0 Å². The molecular formula is C10H17BO. The molecule has 2 rings (SSSR count). The number of hydrogen-bond donors (Lipinski definition) is 1. The van der Waals surface area contributed by atoms with Gasteiger partial charge in [-0.3, -0.25) is 0 Å². The van der Waals surface area contributed by atoms with E-state index in [-0.39, 0.29) is 11.4 Å². The van der Waals surface area contributed by atoms with E-state index in [9.17, 15) is 5.11 Å². The van der Waals surface area contributed by atoms with Crippen molar-refractivity contribution >= 4 is 7.85 Å². The summed E-state index contributed by atoms with van der Waals surface area (Å²) in [4.78, 5) is 0. The second kappa shape index (κ2) is 2.76. The van der Waals surface area contributed by atoms with Crippen molar-refractivity contribution in [1.29, 1.82) is 0 Å². The number of fused-ring (bicyclic) bond motifs is 1. The van der Waals surface area contributed by atoms with Crippen LogP contribution in [0, 0.1) is 11.8 Å². The van der Waals surface area contributed by atoms with E-state index in [0.717, 1.165) is 25.2 Å². The Morgan fingerprint density at radius 1 is 1.33 bits per heavy atom. The van der Waals surface area contributed by atoms with Gasteiger partial charge in [-0.05, 0) is 24.7 Å². The van der Waals surface area contributed by atoms with Crippen molar-refractivity contribution in [2.75, 3.05) is 0 Å². The van der Waals surface area contributed by atoms with Crippen LogP contribution in [-0.4, -0.2) is 19.1 Å². The van der Waals surface area contributed by atoms with E-state index < -0.39 is 0 Å². The summed E-state index contributed by atoms with van der Waals surface area (Å²) in [5.41, 5.74) is 0. The molecule has 0 saturated heterocycles. The first-order valence-corrected chi connectivity index (χ1v) is 5.05. The van der Waals surface area contributed by atoms with E-state index in [1.54, 1.807) is 0 Å². The quantitative estimate of drug-likeness (QED) is 0.542. The van der Waals surface area contributed by atoms with Gasteiger partial charge in [0.05, 0.1) is 14.0 Å². The highest BCUT2D eigenvalue weighted by Gasteiger charge is 2.41. The van der Waals surface area contributed by atoms with Gasteiger partial charge in [0, 0.05) is 0 Å². The molecule has 2 heteroatoms. The van der Waals surface area contributed by atoms with Crippen LogP contribution in [-0.2, 0) is 0 Å². The minimum absolute atomic E-state index is 0.00745. The van der Waals surface area contributed by atoms with Crippen molar-refractivity contribution < 1.29 is 5.11 Å². The molecule has 0 aromatic carbocycles. The van der Waals surface area contributed by atoms with Gasteiger partial charge >= 0.3 is 0 Å². The molecule has 2 aliphatic rings. The van der Waals surface area contributed by atoms with Crippen LogP contribution in [0.1, 0.15) is 39.0 Å². The van der Waals surface area contributed by atoms with Crippen LogP contribution in [0.2, 0.25) is 5.31 Å². The Kier molecular flexibility index (Phi) is 1.98. The Bertz CT molecular complexity index is 179. The minimum Gasteiger partial charge on any atom is -0.393 e. The van der Waals surface area contributed by atoms with Crippen LogP contribution in [0.25, 0.3) is 0 Å². The molecule has 0 aliphatic heterocycles. The molecular weight excluding hydrogens is 147 g/mol. The van der Waals surface area contributed by atoms with Crippen molar-refractivity contribution in [3.63, 3.8) is 0 Å². The van der Waals surface area contributed by atoms with Crippen molar-refractivity contribution in [3.8, 4) is 0 Å². The van der Waals surface area contributed by atoms with Crippen molar-refractivity contribution in [2.24, 2.45) is 11.8 Å². The van der Waals surface area contributed by atoms with Gasteiger partial charge < -0.3 is 5.11 Å². The largest absolute Gasteiger partial charge is 0.393 e. The Morgan fingerprint density at radius 3 is 2.83 bits per heavy atom. The summed E-state index contributed by atoms with van der Waals surface area (Å²) >= 11 is 0. The summed E-state index contributed by atoms with van der Waals surface area (Å²) in [7, 11) is 6.08. The van der Waals surface area contributed by atoms with Crippen LogP contribution < -0.4 is 0 Å². The first-order valence-electron chi connectivity index (χ1n) is 5.05. The van der Waals surface area contributed by atoms with Crippen molar-refractivity contribution in [3.05, 3.63) is 0 Å². The predicted octanol–water partition coefficient (Wildman–Crippen LogP) is 1.90. The maximum atomic E-state index is 9.70. The Morgan fingerprint density at radius 2 is 2.08 bits per heavy atom. The lowest BCUT2D eigenvalue weighted by molar-refractivity contribution is 0.0841. The molecule has 0 aromatic heterocycles. The minimum atomic E-state index is -0.0572. The highest BCUT2D eigenvalue weighted by atomic mass is 16.3. The fraction of sp³-hybridized carbons (Fsp3) is 1.00. The van der Waals surface area contributed by atoms with Gasteiger partial charge in [0.2, 0.25) is 0 Å². The van der Waals surface area contributed by atoms with E-state index in [2.05, 4.69) is 6.92 Å². The lowest BCUT2D eigenvalue weighted by Gasteiger charge is -2.39. The molecule has 2 fully saturated rings. The fourth-order valence-corrected chi connectivity index (χ4v) is 2.94. The first-order chi connectivity index (χ1) is 5.58. The third-order valence-electron chi connectivity index (χ3n) is 3.72. The highest BCUT2D eigenvalue weighted by molar-refractivity contribution is 6.14. The molecule has 2 saturated carbocycles. The van der Waals surface area contributed by atoms with E-state index in [0.29, 0.717) is 5.92 Å². The number of rotatable bonds is 0. The zero-order chi connectivity index (χ0) is 8.77. The van der Waals surface area contributed by atoms with E-state index in [4.69, 9.17) is 7.85 Å². The molecule has 2 radical (unpaired) electrons. The highest BCUT2D eigenvalue weighted by Crippen LogP contribution is 2.51. The molecule has 0 amide bonds. The van der Waals surface area contributed by atoms with E-state index in [1.807, 2.05) is 0 Å². The average Bonchev–Trinajstić information content (AvgIpc) is 2.31. The van der Waals surface area contributed by atoms with Gasteiger partial charge in [-0.25, -0.2) is 0 Å². The molecule has 0 aromatic rings. The Balaban J connectivity index is 2.07. The Labute approximate surface area is 76.0 Å². The maximum absolute atomic E-state index is 9.70. The number of aliphatic hydroxyl groups is 1. The fourth-order valence-electron chi connectivity index (χ4n) is 2.94. The standard InChI is InChI=1S/C10H17BO/c1-10(11)5-4-7-2-3-9(12)8(7)6-10/h7-9,12H,2-6H2,1H3/t7?,8?,9-,10+/m1/s1. The van der Waals surface area contributed by atoms with Gasteiger partial charge in [0.15, 0.2) is 0 Å². The SMILES string of the molecule is [B][C@@]1(C)CCC2CC[C@@H](O)C2C1. The van der Waals surface area contributed by atoms with Gasteiger partial charge in [-0.1, -0.05) is 31.5 Å². The summed E-state index contributed by atoms with van der Waals surface area (Å²) in [5, 5.41) is 9.69. The summed E-state index contributed by atoms with van der Waals surface area (Å²) in [6, 6.07) is 0. The van der Waals surface area contributed by atoms with Gasteiger partial charge in [-0.2, -0.15) is 0 Å². The number of hydrogen-bond acceptors (Lipinski definition) is 1. The lowest BCUT2D eigenvalue weighted by atomic mass is 9.57.